The molecule has 0 unspecified atom stereocenters. The van der Waals surface area contributed by atoms with Crippen molar-refractivity contribution >= 4 is 17.7 Å². The standard InChI is InChI=1S/C21H26FN3O2S/c1-15-17(14-16-8-3-4-9-18(16)22)20(27)24(2)21(23-15)28-13-7-10-19(26)25-11-5-6-12-25/h3-4,8-9H,5-7,10-14H2,1-2H3. The number of hydrogen-bond acceptors (Lipinski definition) is 4. The number of aromatic nitrogens is 2. The maximum absolute atomic E-state index is 13.9. The monoisotopic (exact) mass is 403 g/mol. The molecule has 1 amide bonds. The van der Waals surface area contributed by atoms with E-state index >= 15 is 0 Å². The number of hydrogen-bond donors (Lipinski definition) is 0. The van der Waals surface area contributed by atoms with Crippen molar-refractivity contribution in [2.45, 2.75) is 44.2 Å². The first kappa shape index (κ1) is 20.6. The highest BCUT2D eigenvalue weighted by Crippen LogP contribution is 2.19. The Labute approximate surface area is 169 Å². The number of carbonyl (C=O) groups is 1. The van der Waals surface area contributed by atoms with Gasteiger partial charge in [0.25, 0.3) is 5.56 Å². The number of benzene rings is 1. The van der Waals surface area contributed by atoms with E-state index in [4.69, 9.17) is 0 Å². The van der Waals surface area contributed by atoms with Crippen LogP contribution in [0.4, 0.5) is 4.39 Å². The fraction of sp³-hybridized carbons (Fsp3) is 0.476. The zero-order valence-electron chi connectivity index (χ0n) is 16.4. The predicted molar refractivity (Wildman–Crippen MR) is 109 cm³/mol. The highest BCUT2D eigenvalue weighted by molar-refractivity contribution is 7.99. The molecule has 150 valence electrons. The normalized spacial score (nSPS) is 13.9. The second-order valence-electron chi connectivity index (χ2n) is 7.13. The number of thioether (sulfide) groups is 1. The van der Waals surface area contributed by atoms with E-state index in [2.05, 4.69) is 4.98 Å². The van der Waals surface area contributed by atoms with Crippen LogP contribution in [0.5, 0.6) is 0 Å². The highest BCUT2D eigenvalue weighted by Gasteiger charge is 2.18. The highest BCUT2D eigenvalue weighted by atomic mass is 32.2. The summed E-state index contributed by atoms with van der Waals surface area (Å²) in [5.41, 5.74) is 1.49. The van der Waals surface area contributed by atoms with Crippen molar-refractivity contribution in [3.8, 4) is 0 Å². The van der Waals surface area contributed by atoms with Crippen molar-refractivity contribution in [2.24, 2.45) is 7.05 Å². The minimum absolute atomic E-state index is 0.147. The van der Waals surface area contributed by atoms with Crippen LogP contribution in [-0.4, -0.2) is 39.2 Å². The van der Waals surface area contributed by atoms with Crippen LogP contribution >= 0.6 is 11.8 Å². The summed E-state index contributed by atoms with van der Waals surface area (Å²) in [7, 11) is 1.69. The summed E-state index contributed by atoms with van der Waals surface area (Å²) in [4.78, 5) is 31.4. The largest absolute Gasteiger partial charge is 0.343 e. The average Bonchev–Trinajstić information content (AvgIpc) is 3.22. The first-order chi connectivity index (χ1) is 13.5. The van der Waals surface area contributed by atoms with Gasteiger partial charge in [0, 0.05) is 50.0 Å². The van der Waals surface area contributed by atoms with E-state index in [9.17, 15) is 14.0 Å². The summed E-state index contributed by atoms with van der Waals surface area (Å²) in [6.07, 6.45) is 3.72. The van der Waals surface area contributed by atoms with Gasteiger partial charge in [0.05, 0.1) is 0 Å². The molecular formula is C21H26FN3O2S. The Kier molecular flexibility index (Phi) is 6.88. The first-order valence-electron chi connectivity index (χ1n) is 9.68. The zero-order valence-corrected chi connectivity index (χ0v) is 17.2. The molecule has 0 spiro atoms. The summed E-state index contributed by atoms with van der Waals surface area (Å²) in [5, 5.41) is 0.633. The lowest BCUT2D eigenvalue weighted by atomic mass is 10.0. The van der Waals surface area contributed by atoms with E-state index in [1.54, 1.807) is 32.2 Å². The Morgan fingerprint density at radius 1 is 1.25 bits per heavy atom. The molecular weight excluding hydrogens is 377 g/mol. The van der Waals surface area contributed by atoms with Gasteiger partial charge in [-0.1, -0.05) is 30.0 Å². The maximum atomic E-state index is 13.9. The molecule has 0 radical (unpaired) electrons. The second-order valence-corrected chi connectivity index (χ2v) is 8.19. The number of amides is 1. The molecule has 1 fully saturated rings. The van der Waals surface area contributed by atoms with E-state index in [-0.39, 0.29) is 23.7 Å². The first-order valence-corrected chi connectivity index (χ1v) is 10.7. The number of rotatable bonds is 7. The predicted octanol–water partition coefficient (Wildman–Crippen LogP) is 3.31. The van der Waals surface area contributed by atoms with Gasteiger partial charge in [-0.2, -0.15) is 0 Å². The third kappa shape index (κ3) is 4.82. The van der Waals surface area contributed by atoms with Gasteiger partial charge in [0.15, 0.2) is 5.16 Å². The van der Waals surface area contributed by atoms with Gasteiger partial charge in [-0.05, 0) is 37.8 Å². The molecule has 0 N–H and O–H groups in total. The van der Waals surface area contributed by atoms with Crippen molar-refractivity contribution in [2.75, 3.05) is 18.8 Å². The molecule has 1 aromatic heterocycles. The van der Waals surface area contributed by atoms with Crippen LogP contribution in [-0.2, 0) is 18.3 Å². The van der Waals surface area contributed by atoms with E-state index in [0.29, 0.717) is 28.4 Å². The van der Waals surface area contributed by atoms with Gasteiger partial charge in [0.2, 0.25) is 5.91 Å². The van der Waals surface area contributed by atoms with Crippen LogP contribution < -0.4 is 5.56 Å². The number of nitrogens with zero attached hydrogens (tertiary/aromatic N) is 3. The molecule has 3 rings (SSSR count). The van der Waals surface area contributed by atoms with Gasteiger partial charge in [-0.25, -0.2) is 9.37 Å². The summed E-state index contributed by atoms with van der Waals surface area (Å²) < 4.78 is 15.5. The molecule has 1 aliphatic heterocycles. The topological polar surface area (TPSA) is 55.2 Å². The fourth-order valence-electron chi connectivity index (χ4n) is 3.41. The average molecular weight is 404 g/mol. The molecule has 1 aromatic carbocycles. The maximum Gasteiger partial charge on any atom is 0.257 e. The lowest BCUT2D eigenvalue weighted by molar-refractivity contribution is -0.130. The van der Waals surface area contributed by atoms with Crippen LogP contribution in [0.15, 0.2) is 34.2 Å². The number of aryl methyl sites for hydroxylation is 1. The Bertz CT molecular complexity index is 907. The van der Waals surface area contributed by atoms with Gasteiger partial charge in [-0.3, -0.25) is 14.2 Å². The van der Waals surface area contributed by atoms with Gasteiger partial charge >= 0.3 is 0 Å². The third-order valence-corrected chi connectivity index (χ3v) is 6.22. The number of likely N-dealkylation sites (tertiary alicyclic amines) is 1. The van der Waals surface area contributed by atoms with Gasteiger partial charge in [0.1, 0.15) is 5.82 Å². The van der Waals surface area contributed by atoms with Crippen LogP contribution in [0.25, 0.3) is 0 Å². The fourth-order valence-corrected chi connectivity index (χ4v) is 4.36. The van der Waals surface area contributed by atoms with Crippen LogP contribution in [0.3, 0.4) is 0 Å². The Balaban J connectivity index is 1.62. The third-order valence-electron chi connectivity index (χ3n) is 5.10. The Hall–Kier alpha value is -2.15. The summed E-state index contributed by atoms with van der Waals surface area (Å²) >= 11 is 1.49. The molecule has 7 heteroatoms. The SMILES string of the molecule is Cc1nc(SCCCC(=O)N2CCCC2)n(C)c(=O)c1Cc1ccccc1F. The Morgan fingerprint density at radius 2 is 1.96 bits per heavy atom. The molecule has 0 saturated carbocycles. The number of carbonyl (C=O) groups excluding carboxylic acids is 1. The van der Waals surface area contributed by atoms with E-state index in [1.165, 1.54) is 22.4 Å². The quantitative estimate of drug-likeness (QED) is 0.404. The molecule has 2 heterocycles. The molecule has 2 aromatic rings. The molecule has 5 nitrogen and oxygen atoms in total. The van der Waals surface area contributed by atoms with Crippen molar-refractivity contribution < 1.29 is 9.18 Å². The lowest BCUT2D eigenvalue weighted by Crippen LogP contribution is -2.27. The minimum atomic E-state index is -0.315. The zero-order chi connectivity index (χ0) is 20.1. The summed E-state index contributed by atoms with van der Waals surface area (Å²) in [5.74, 6) is 0.632. The van der Waals surface area contributed by atoms with E-state index in [1.807, 2.05) is 4.90 Å². The summed E-state index contributed by atoms with van der Waals surface area (Å²) in [6.45, 7) is 3.55. The summed E-state index contributed by atoms with van der Waals surface area (Å²) in [6, 6.07) is 6.49. The molecule has 28 heavy (non-hydrogen) atoms. The molecule has 0 aliphatic carbocycles. The van der Waals surface area contributed by atoms with Crippen molar-refractivity contribution in [1.82, 2.24) is 14.5 Å². The smallest absolute Gasteiger partial charge is 0.257 e. The van der Waals surface area contributed by atoms with Crippen LogP contribution in [0.1, 0.15) is 42.5 Å². The van der Waals surface area contributed by atoms with Crippen molar-refractivity contribution in [3.63, 3.8) is 0 Å². The van der Waals surface area contributed by atoms with Gasteiger partial charge < -0.3 is 4.90 Å². The molecule has 1 saturated heterocycles. The molecule has 0 atom stereocenters. The van der Waals surface area contributed by atoms with E-state index < -0.39 is 0 Å². The minimum Gasteiger partial charge on any atom is -0.343 e. The molecule has 0 bridgehead atoms. The molecule has 1 aliphatic rings. The van der Waals surface area contributed by atoms with Crippen molar-refractivity contribution in [3.05, 3.63) is 57.3 Å². The van der Waals surface area contributed by atoms with Crippen LogP contribution in [0, 0.1) is 12.7 Å². The van der Waals surface area contributed by atoms with Gasteiger partial charge in [-0.15, -0.1) is 0 Å². The van der Waals surface area contributed by atoms with Crippen LogP contribution in [0.2, 0.25) is 0 Å². The van der Waals surface area contributed by atoms with E-state index in [0.717, 1.165) is 38.1 Å². The lowest BCUT2D eigenvalue weighted by Gasteiger charge is -2.15. The Morgan fingerprint density at radius 3 is 2.68 bits per heavy atom. The second kappa shape index (κ2) is 9.37. The van der Waals surface area contributed by atoms with Crippen molar-refractivity contribution in [1.29, 1.82) is 0 Å². The number of halogens is 1.